The van der Waals surface area contributed by atoms with Gasteiger partial charge >= 0.3 is 0 Å². The van der Waals surface area contributed by atoms with Crippen molar-refractivity contribution in [3.05, 3.63) is 35.4 Å². The molecule has 15 heavy (non-hydrogen) atoms. The summed E-state index contributed by atoms with van der Waals surface area (Å²) in [4.78, 5) is 21.0. The van der Waals surface area contributed by atoms with Gasteiger partial charge in [-0.2, -0.15) is 0 Å². The van der Waals surface area contributed by atoms with Crippen molar-refractivity contribution in [1.29, 1.82) is 0 Å². The third-order valence-electron chi connectivity index (χ3n) is 1.68. The van der Waals surface area contributed by atoms with E-state index in [2.05, 4.69) is 17.2 Å². The van der Waals surface area contributed by atoms with Gasteiger partial charge in [-0.05, 0) is 12.1 Å². The topological polar surface area (TPSA) is 46.2 Å². The summed E-state index contributed by atoms with van der Waals surface area (Å²) in [5.74, 6) is 5.53. The summed E-state index contributed by atoms with van der Waals surface area (Å²) in [5, 5.41) is 2.56. The Hall–Kier alpha value is -2.08. The predicted molar refractivity (Wildman–Crippen MR) is 57.4 cm³/mol. The number of nitrogens with one attached hydrogen (secondary N) is 1. The highest BCUT2D eigenvalue weighted by molar-refractivity contribution is 5.75. The van der Waals surface area contributed by atoms with Gasteiger partial charge in [-0.15, -0.1) is 0 Å². The Bertz CT molecular complexity index is 427. The van der Waals surface area contributed by atoms with E-state index >= 15 is 0 Å². The van der Waals surface area contributed by atoms with Gasteiger partial charge < -0.3 is 5.32 Å². The normalized spacial score (nSPS) is 8.60. The number of carbonyl (C=O) groups excluding carboxylic acids is 2. The quantitative estimate of drug-likeness (QED) is 0.573. The van der Waals surface area contributed by atoms with E-state index in [0.717, 1.165) is 11.8 Å². The average Bonchev–Trinajstić information content (AvgIpc) is 2.24. The Kier molecular flexibility index (Phi) is 4.11. The van der Waals surface area contributed by atoms with Crippen LogP contribution in [0.15, 0.2) is 24.3 Å². The molecule has 0 aliphatic heterocycles. The van der Waals surface area contributed by atoms with Gasteiger partial charge in [-0.3, -0.25) is 9.59 Å². The Labute approximate surface area is 88.5 Å². The molecular formula is C12H11NO2. The molecule has 0 aromatic heterocycles. The molecule has 0 atom stereocenters. The summed E-state index contributed by atoms with van der Waals surface area (Å²) >= 11 is 0. The van der Waals surface area contributed by atoms with E-state index in [0.29, 0.717) is 12.1 Å². The zero-order valence-corrected chi connectivity index (χ0v) is 8.41. The number of aldehydes is 1. The zero-order chi connectivity index (χ0) is 11.1. The van der Waals surface area contributed by atoms with E-state index in [1.807, 2.05) is 6.07 Å². The smallest absolute Gasteiger partial charge is 0.217 e. The first-order chi connectivity index (χ1) is 7.22. The van der Waals surface area contributed by atoms with Gasteiger partial charge in [0.25, 0.3) is 0 Å². The molecule has 0 aliphatic carbocycles. The van der Waals surface area contributed by atoms with Gasteiger partial charge in [0.2, 0.25) is 5.91 Å². The summed E-state index contributed by atoms with van der Waals surface area (Å²) in [7, 11) is 0. The Morgan fingerprint density at radius 1 is 1.53 bits per heavy atom. The Morgan fingerprint density at radius 2 is 2.33 bits per heavy atom. The van der Waals surface area contributed by atoms with Crippen LogP contribution in [-0.4, -0.2) is 18.7 Å². The van der Waals surface area contributed by atoms with Gasteiger partial charge in [0.05, 0.1) is 6.54 Å². The first kappa shape index (κ1) is 11.0. The number of benzene rings is 1. The van der Waals surface area contributed by atoms with E-state index in [4.69, 9.17) is 0 Å². The van der Waals surface area contributed by atoms with Crippen LogP contribution in [0, 0.1) is 11.8 Å². The number of hydrogen-bond acceptors (Lipinski definition) is 2. The van der Waals surface area contributed by atoms with Crippen molar-refractivity contribution in [2.24, 2.45) is 0 Å². The number of carbonyl (C=O) groups is 2. The second kappa shape index (κ2) is 5.61. The molecule has 0 radical (unpaired) electrons. The van der Waals surface area contributed by atoms with Crippen molar-refractivity contribution in [3.8, 4) is 11.8 Å². The maximum absolute atomic E-state index is 10.5. The molecule has 0 aliphatic rings. The lowest BCUT2D eigenvalue weighted by atomic mass is 10.1. The summed E-state index contributed by atoms with van der Waals surface area (Å²) in [6, 6.07) is 7.00. The van der Waals surface area contributed by atoms with Crippen molar-refractivity contribution >= 4 is 12.2 Å². The van der Waals surface area contributed by atoms with E-state index in [-0.39, 0.29) is 5.91 Å². The molecule has 0 saturated carbocycles. The van der Waals surface area contributed by atoms with Gasteiger partial charge in [0.15, 0.2) is 0 Å². The summed E-state index contributed by atoms with van der Waals surface area (Å²) in [6.45, 7) is 1.76. The number of hydrogen-bond donors (Lipinski definition) is 1. The van der Waals surface area contributed by atoms with Crippen LogP contribution in [0.5, 0.6) is 0 Å². The summed E-state index contributed by atoms with van der Waals surface area (Å²) < 4.78 is 0. The monoisotopic (exact) mass is 201 g/mol. The molecule has 1 amide bonds. The van der Waals surface area contributed by atoms with E-state index < -0.39 is 0 Å². The van der Waals surface area contributed by atoms with Gasteiger partial charge in [0, 0.05) is 18.1 Å². The van der Waals surface area contributed by atoms with Crippen LogP contribution in [0.4, 0.5) is 0 Å². The summed E-state index contributed by atoms with van der Waals surface area (Å²) in [5.41, 5.74) is 1.37. The molecule has 0 saturated heterocycles. The highest BCUT2D eigenvalue weighted by atomic mass is 16.1. The predicted octanol–water partition coefficient (Wildman–Crippen LogP) is 0.987. The average molecular weight is 201 g/mol. The SMILES string of the molecule is CC(=O)NCC#Cc1cccc(C=O)c1. The number of amides is 1. The van der Waals surface area contributed by atoms with Crippen LogP contribution in [0.3, 0.4) is 0 Å². The van der Waals surface area contributed by atoms with Crippen LogP contribution in [0.25, 0.3) is 0 Å². The van der Waals surface area contributed by atoms with Crippen LogP contribution in [0.1, 0.15) is 22.8 Å². The highest BCUT2D eigenvalue weighted by Crippen LogP contribution is 2.00. The van der Waals surface area contributed by atoms with Crippen molar-refractivity contribution in [2.45, 2.75) is 6.92 Å². The lowest BCUT2D eigenvalue weighted by Crippen LogP contribution is -2.19. The highest BCUT2D eigenvalue weighted by Gasteiger charge is 1.90. The lowest BCUT2D eigenvalue weighted by molar-refractivity contribution is -0.118. The van der Waals surface area contributed by atoms with Crippen LogP contribution < -0.4 is 5.32 Å². The molecule has 1 aromatic rings. The second-order valence-corrected chi connectivity index (χ2v) is 2.95. The van der Waals surface area contributed by atoms with E-state index in [1.165, 1.54) is 6.92 Å². The van der Waals surface area contributed by atoms with Crippen LogP contribution in [0.2, 0.25) is 0 Å². The molecule has 0 bridgehead atoms. The van der Waals surface area contributed by atoms with Crippen molar-refractivity contribution in [1.82, 2.24) is 5.32 Å². The fourth-order valence-corrected chi connectivity index (χ4v) is 1.00. The fourth-order valence-electron chi connectivity index (χ4n) is 1.00. The maximum atomic E-state index is 10.5. The molecule has 1 rings (SSSR count). The Balaban J connectivity index is 2.63. The molecule has 3 heteroatoms. The minimum Gasteiger partial charge on any atom is -0.345 e. The first-order valence-corrected chi connectivity index (χ1v) is 4.51. The van der Waals surface area contributed by atoms with Gasteiger partial charge in [-0.25, -0.2) is 0 Å². The lowest BCUT2D eigenvalue weighted by Gasteiger charge is -1.93. The van der Waals surface area contributed by atoms with Crippen molar-refractivity contribution < 1.29 is 9.59 Å². The minimum absolute atomic E-state index is 0.106. The van der Waals surface area contributed by atoms with Crippen LogP contribution >= 0.6 is 0 Å². The van der Waals surface area contributed by atoms with Crippen molar-refractivity contribution in [2.75, 3.05) is 6.54 Å². The molecule has 0 spiro atoms. The number of rotatable bonds is 2. The van der Waals surface area contributed by atoms with Crippen LogP contribution in [-0.2, 0) is 4.79 Å². The first-order valence-electron chi connectivity index (χ1n) is 4.51. The standard InChI is InChI=1S/C12H11NO2/c1-10(15)13-7-3-6-11-4-2-5-12(8-11)9-14/h2,4-5,8-9H,7H2,1H3,(H,13,15). The third-order valence-corrected chi connectivity index (χ3v) is 1.68. The second-order valence-electron chi connectivity index (χ2n) is 2.95. The third kappa shape index (κ3) is 4.10. The molecule has 1 N–H and O–H groups in total. The van der Waals surface area contributed by atoms with Gasteiger partial charge in [0.1, 0.15) is 6.29 Å². The van der Waals surface area contributed by atoms with Gasteiger partial charge in [-0.1, -0.05) is 24.0 Å². The van der Waals surface area contributed by atoms with E-state index in [1.54, 1.807) is 18.2 Å². The minimum atomic E-state index is -0.106. The molecular weight excluding hydrogens is 190 g/mol. The van der Waals surface area contributed by atoms with Crippen molar-refractivity contribution in [3.63, 3.8) is 0 Å². The molecule has 1 aromatic carbocycles. The van der Waals surface area contributed by atoms with E-state index in [9.17, 15) is 9.59 Å². The molecule has 3 nitrogen and oxygen atoms in total. The summed E-state index contributed by atoms with van der Waals surface area (Å²) in [6.07, 6.45) is 0.777. The molecule has 0 heterocycles. The Morgan fingerprint density at radius 3 is 3.00 bits per heavy atom. The fraction of sp³-hybridized carbons (Fsp3) is 0.167. The molecule has 0 fully saturated rings. The molecule has 0 unspecified atom stereocenters. The zero-order valence-electron chi connectivity index (χ0n) is 8.41. The largest absolute Gasteiger partial charge is 0.345 e. The maximum Gasteiger partial charge on any atom is 0.217 e. The molecule has 76 valence electrons.